The monoisotopic (exact) mass is 287 g/mol. The summed E-state index contributed by atoms with van der Waals surface area (Å²) in [6, 6.07) is 0. The molecule has 1 aliphatic carbocycles. The highest BCUT2D eigenvalue weighted by Gasteiger charge is 2.41. The summed E-state index contributed by atoms with van der Waals surface area (Å²) in [4.78, 5) is 0. The van der Waals surface area contributed by atoms with E-state index in [2.05, 4.69) is 33.9 Å². The minimum absolute atomic E-state index is 0.199. The number of hydrogen-bond acceptors (Lipinski definition) is 2. The van der Waals surface area contributed by atoms with Gasteiger partial charge in [0.25, 0.3) is 0 Å². The number of thioether (sulfide) groups is 1. The zero-order chi connectivity index (χ0) is 14.3. The van der Waals surface area contributed by atoms with E-state index in [1.54, 1.807) is 0 Å². The Labute approximate surface area is 120 Å². The third-order valence-electron chi connectivity index (χ3n) is 5.02. The van der Waals surface area contributed by atoms with Crippen molar-refractivity contribution in [2.24, 2.45) is 5.92 Å². The van der Waals surface area contributed by atoms with Crippen LogP contribution in [0.1, 0.15) is 60.7 Å². The number of fused-ring (bicyclic) bond motifs is 1. The maximum Gasteiger partial charge on any atom is 0.193 e. The minimum atomic E-state index is -1.83. The molecule has 1 saturated heterocycles. The van der Waals surface area contributed by atoms with Gasteiger partial charge in [0.15, 0.2) is 8.32 Å². The highest BCUT2D eigenvalue weighted by Crippen LogP contribution is 2.47. The molecule has 106 valence electrons. The molecule has 0 spiro atoms. The predicted octanol–water partition coefficient (Wildman–Crippen LogP) is 5.42. The second-order valence-corrected chi connectivity index (χ2v) is 13.5. The van der Waals surface area contributed by atoms with E-state index in [9.17, 15) is 0 Å². The summed E-state index contributed by atoms with van der Waals surface area (Å²) in [5.74, 6) is 0.861. The molecule has 1 nitrogen and oxygen atoms in total. The van der Waals surface area contributed by atoms with Crippen molar-refractivity contribution in [2.75, 3.05) is 0 Å². The van der Waals surface area contributed by atoms with Gasteiger partial charge in [0.2, 0.25) is 0 Å². The van der Waals surface area contributed by atoms with E-state index in [1.807, 2.05) is 11.8 Å². The van der Waals surface area contributed by atoms with Gasteiger partial charge >= 0.3 is 0 Å². The van der Waals surface area contributed by atoms with Crippen molar-refractivity contribution in [1.29, 1.82) is 0 Å². The summed E-state index contributed by atoms with van der Waals surface area (Å²) in [5.41, 5.74) is -0.665. The first-order valence-electron chi connectivity index (χ1n) is 8.01. The van der Waals surface area contributed by atoms with E-state index in [-0.39, 0.29) is 5.04 Å². The van der Waals surface area contributed by atoms with Crippen molar-refractivity contribution >= 4 is 20.1 Å². The molecule has 0 bridgehead atoms. The predicted molar refractivity (Wildman–Crippen MR) is 84.6 cm³/mol. The van der Waals surface area contributed by atoms with E-state index in [0.29, 0.717) is 5.25 Å². The van der Waals surface area contributed by atoms with Crippen molar-refractivity contribution in [1.82, 2.24) is 0 Å². The first-order chi connectivity index (χ1) is 8.63. The zero-order valence-electron chi connectivity index (χ0n) is 13.7. The lowest BCUT2D eigenvalue weighted by atomic mass is 9.85. The Morgan fingerprint density at radius 1 is 1.11 bits per heavy atom. The second kappa shape index (κ2) is 5.49. The van der Waals surface area contributed by atoms with E-state index in [1.165, 1.54) is 32.1 Å². The van der Waals surface area contributed by atoms with Gasteiger partial charge in [0, 0.05) is 5.25 Å². The van der Waals surface area contributed by atoms with E-state index in [0.717, 1.165) is 12.3 Å². The molecule has 1 aliphatic heterocycles. The van der Waals surface area contributed by atoms with Crippen LogP contribution in [-0.2, 0) is 4.43 Å². The fraction of sp³-hybridized carbons (Fsp3) is 1.00. The lowest BCUT2D eigenvalue weighted by Crippen LogP contribution is -2.45. The quantitative estimate of drug-likeness (QED) is 0.627. The van der Waals surface area contributed by atoms with Gasteiger partial charge in [-0.15, -0.1) is 11.8 Å². The molecule has 0 aromatic carbocycles. The Bertz CT molecular complexity index is 329. The van der Waals surface area contributed by atoms with Gasteiger partial charge < -0.3 is 4.43 Å². The number of hydrogen-bond donors (Lipinski definition) is 0. The SMILES string of the molecule is [2H][C@]1(O[Si](C)(C)C(C)(C)C)CC[C@H]2CCCC[C@@H]2S1. The summed E-state index contributed by atoms with van der Waals surface area (Å²) in [7, 11) is -1.83. The minimum Gasteiger partial charge on any atom is -0.405 e. The maximum absolute atomic E-state index is 8.75. The van der Waals surface area contributed by atoms with Crippen LogP contribution < -0.4 is 0 Å². The van der Waals surface area contributed by atoms with Gasteiger partial charge in [-0.05, 0) is 49.7 Å². The fourth-order valence-corrected chi connectivity index (χ4v) is 5.82. The third-order valence-corrected chi connectivity index (χ3v) is 11.0. The van der Waals surface area contributed by atoms with Crippen LogP contribution in [0, 0.1) is 5.92 Å². The average Bonchev–Trinajstić information content (AvgIpc) is 2.26. The molecule has 1 heterocycles. The summed E-state index contributed by atoms with van der Waals surface area (Å²) < 4.78 is 15.2. The number of rotatable bonds is 2. The molecular formula is C15H30OSSi. The van der Waals surface area contributed by atoms with Gasteiger partial charge in [0.1, 0.15) is 0 Å². The van der Waals surface area contributed by atoms with Crippen molar-refractivity contribution in [2.45, 2.75) is 88.1 Å². The lowest BCUT2D eigenvalue weighted by Gasteiger charge is -2.44. The summed E-state index contributed by atoms with van der Waals surface area (Å²) in [6.07, 6.45) is 7.56. The maximum atomic E-state index is 8.75. The molecule has 18 heavy (non-hydrogen) atoms. The van der Waals surface area contributed by atoms with Gasteiger partial charge in [-0.3, -0.25) is 0 Å². The van der Waals surface area contributed by atoms with Crippen LogP contribution in [0.4, 0.5) is 0 Å². The smallest absolute Gasteiger partial charge is 0.193 e. The summed E-state index contributed by atoms with van der Waals surface area (Å²) in [5, 5.41) is 0.884. The van der Waals surface area contributed by atoms with Crippen LogP contribution in [0.2, 0.25) is 18.1 Å². The van der Waals surface area contributed by atoms with Gasteiger partial charge in [0.05, 0.1) is 6.78 Å². The van der Waals surface area contributed by atoms with Crippen molar-refractivity contribution < 1.29 is 5.80 Å². The van der Waals surface area contributed by atoms with E-state index in [4.69, 9.17) is 5.80 Å². The Morgan fingerprint density at radius 3 is 2.44 bits per heavy atom. The first kappa shape index (κ1) is 13.5. The molecule has 0 unspecified atom stereocenters. The average molecular weight is 288 g/mol. The molecule has 0 aromatic rings. The van der Waals surface area contributed by atoms with Crippen LogP contribution in [0.3, 0.4) is 0 Å². The third kappa shape index (κ3) is 3.34. The van der Waals surface area contributed by atoms with Crippen LogP contribution in [0.5, 0.6) is 0 Å². The van der Waals surface area contributed by atoms with Gasteiger partial charge in [-0.2, -0.15) is 0 Å². The topological polar surface area (TPSA) is 9.23 Å². The first-order valence-corrected chi connectivity index (χ1v) is 11.3. The van der Waals surface area contributed by atoms with Crippen molar-refractivity contribution in [3.63, 3.8) is 0 Å². The molecule has 0 radical (unpaired) electrons. The Balaban J connectivity index is 2.03. The molecule has 3 atom stereocenters. The molecular weight excluding hydrogens is 256 g/mol. The molecule has 2 rings (SSSR count). The molecule has 0 aromatic heterocycles. The highest BCUT2D eigenvalue weighted by atomic mass is 32.2. The Kier molecular flexibility index (Phi) is 4.12. The van der Waals surface area contributed by atoms with Crippen LogP contribution in [0.25, 0.3) is 0 Å². The summed E-state index contributed by atoms with van der Waals surface area (Å²) >= 11 is 1.84. The fourth-order valence-electron chi connectivity index (χ4n) is 2.70. The van der Waals surface area contributed by atoms with Gasteiger partial charge in [-0.25, -0.2) is 0 Å². The molecule has 1 saturated carbocycles. The molecule has 2 fully saturated rings. The zero-order valence-corrected chi connectivity index (χ0v) is 14.5. The van der Waals surface area contributed by atoms with Crippen LogP contribution >= 0.6 is 11.8 Å². The molecule has 2 aliphatic rings. The Hall–Kier alpha value is 0.527. The largest absolute Gasteiger partial charge is 0.405 e. The molecule has 0 N–H and O–H groups in total. The molecule has 3 heteroatoms. The molecule has 0 amide bonds. The van der Waals surface area contributed by atoms with Crippen molar-refractivity contribution in [3.05, 3.63) is 0 Å². The standard InChI is InChI=1S/C15H30OSSi/c1-15(2,3)18(4,5)16-14-11-10-12-8-6-7-9-13(12)17-14/h12-14H,6-11H2,1-5H3/t12-,13+,14-/m1/s1/i14D. The summed E-state index contributed by atoms with van der Waals surface area (Å²) in [6.45, 7) is 11.3. The highest BCUT2D eigenvalue weighted by molar-refractivity contribution is 8.00. The second-order valence-electron chi connectivity index (χ2n) is 7.47. The van der Waals surface area contributed by atoms with Crippen molar-refractivity contribution in [3.8, 4) is 0 Å². The van der Waals surface area contributed by atoms with Crippen LogP contribution in [0.15, 0.2) is 0 Å². The van der Waals surface area contributed by atoms with Gasteiger partial charge in [-0.1, -0.05) is 33.6 Å². The normalized spacial score (nSPS) is 39.1. The van der Waals surface area contributed by atoms with E-state index >= 15 is 0 Å². The lowest BCUT2D eigenvalue weighted by molar-refractivity contribution is 0.211. The van der Waals surface area contributed by atoms with Crippen LogP contribution in [-0.4, -0.2) is 19.0 Å². The van der Waals surface area contributed by atoms with E-state index < -0.39 is 13.7 Å². The Morgan fingerprint density at radius 2 is 1.78 bits per heavy atom.